The number of carbonyl (C=O) groups is 4. The molecule has 2 aliphatic heterocycles. The van der Waals surface area contributed by atoms with E-state index in [1.54, 1.807) is 12.1 Å². The van der Waals surface area contributed by atoms with Crippen molar-refractivity contribution in [1.29, 1.82) is 0 Å². The molecule has 4 rings (SSSR count). The third-order valence-corrected chi connectivity index (χ3v) is 6.33. The first-order valence-corrected chi connectivity index (χ1v) is 11.1. The van der Waals surface area contributed by atoms with Crippen LogP contribution in [0.1, 0.15) is 42.9 Å². The summed E-state index contributed by atoms with van der Waals surface area (Å²) in [7, 11) is 1.54. The summed E-state index contributed by atoms with van der Waals surface area (Å²) in [6.07, 6.45) is 0.196. The number of fused-ring (bicyclic) bond motifs is 1. The number of likely N-dealkylation sites (N-methyl/N-ethyl adjacent to an activating group) is 1. The van der Waals surface area contributed by atoms with Crippen LogP contribution in [-0.4, -0.2) is 47.8 Å². The number of hydrogen-bond acceptors (Lipinski definition) is 4. The highest BCUT2D eigenvalue weighted by Gasteiger charge is 2.42. The lowest BCUT2D eigenvalue weighted by Crippen LogP contribution is -2.53. The van der Waals surface area contributed by atoms with Crippen molar-refractivity contribution in [3.8, 4) is 0 Å². The average Bonchev–Trinajstić information content (AvgIpc) is 3.10. The maximum atomic E-state index is 13.2. The first-order valence-electron chi connectivity index (χ1n) is 11.1. The van der Waals surface area contributed by atoms with Crippen LogP contribution in [0.2, 0.25) is 0 Å². The molecule has 1 saturated heterocycles. The number of hydrogen-bond donors (Lipinski definition) is 2. The standard InChI is InChI=1S/C25H28N4O4/c1-15(2)16-8-10-19(11-9-16)29-24(32)20(27-25(29)33)13-22(30)28-14-18-7-5-4-6-17(18)12-21(28)23(31)26-3/h4-11,15,20-21H,12-14H2,1-3H3,(H,26,31)(H,27,33)/t20?,21-/m0/s1. The van der Waals surface area contributed by atoms with Gasteiger partial charge in [-0.25, -0.2) is 9.69 Å². The molecule has 2 atom stereocenters. The highest BCUT2D eigenvalue weighted by molar-refractivity contribution is 6.22. The van der Waals surface area contributed by atoms with E-state index in [4.69, 9.17) is 0 Å². The van der Waals surface area contributed by atoms with Crippen LogP contribution in [0.3, 0.4) is 0 Å². The SMILES string of the molecule is CNC(=O)[C@@H]1Cc2ccccc2CN1C(=O)CC1NC(=O)N(c2ccc(C(C)C)cc2)C1=O. The molecule has 172 valence electrons. The second kappa shape index (κ2) is 9.05. The molecule has 0 aliphatic carbocycles. The van der Waals surface area contributed by atoms with Crippen LogP contribution < -0.4 is 15.5 Å². The number of benzene rings is 2. The molecule has 33 heavy (non-hydrogen) atoms. The Kier molecular flexibility index (Phi) is 6.18. The first-order chi connectivity index (χ1) is 15.8. The van der Waals surface area contributed by atoms with E-state index in [0.29, 0.717) is 18.0 Å². The summed E-state index contributed by atoms with van der Waals surface area (Å²) in [6, 6.07) is 12.7. The van der Waals surface area contributed by atoms with Crippen molar-refractivity contribution in [3.63, 3.8) is 0 Å². The average molecular weight is 449 g/mol. The Balaban J connectivity index is 1.51. The molecular weight excluding hydrogens is 420 g/mol. The molecule has 0 bridgehead atoms. The van der Waals surface area contributed by atoms with Crippen molar-refractivity contribution >= 4 is 29.4 Å². The molecule has 0 saturated carbocycles. The van der Waals surface area contributed by atoms with Gasteiger partial charge >= 0.3 is 6.03 Å². The number of anilines is 1. The molecule has 0 spiro atoms. The molecule has 8 nitrogen and oxygen atoms in total. The predicted molar refractivity (Wildman–Crippen MR) is 124 cm³/mol. The minimum absolute atomic E-state index is 0.208. The second-order valence-corrected chi connectivity index (χ2v) is 8.75. The number of nitrogens with one attached hydrogen (secondary N) is 2. The van der Waals surface area contributed by atoms with E-state index in [0.717, 1.165) is 21.6 Å². The number of imide groups is 1. The van der Waals surface area contributed by atoms with E-state index >= 15 is 0 Å². The summed E-state index contributed by atoms with van der Waals surface area (Å²) in [5.41, 5.74) is 3.56. The fourth-order valence-electron chi connectivity index (χ4n) is 4.40. The van der Waals surface area contributed by atoms with Crippen LogP contribution >= 0.6 is 0 Å². The number of amides is 5. The van der Waals surface area contributed by atoms with Crippen molar-refractivity contribution in [3.05, 3.63) is 65.2 Å². The maximum absolute atomic E-state index is 13.2. The van der Waals surface area contributed by atoms with Crippen molar-refractivity contribution in [2.75, 3.05) is 11.9 Å². The largest absolute Gasteiger partial charge is 0.357 e. The van der Waals surface area contributed by atoms with Gasteiger partial charge in [0.1, 0.15) is 12.1 Å². The van der Waals surface area contributed by atoms with Crippen LogP contribution in [0, 0.1) is 0 Å². The van der Waals surface area contributed by atoms with E-state index in [9.17, 15) is 19.2 Å². The zero-order chi connectivity index (χ0) is 23.7. The van der Waals surface area contributed by atoms with Gasteiger partial charge in [-0.15, -0.1) is 0 Å². The lowest BCUT2D eigenvalue weighted by molar-refractivity contribution is -0.142. The second-order valence-electron chi connectivity index (χ2n) is 8.75. The Hall–Kier alpha value is -3.68. The van der Waals surface area contributed by atoms with Crippen molar-refractivity contribution in [2.45, 2.75) is 51.2 Å². The van der Waals surface area contributed by atoms with Crippen LogP contribution in [0.25, 0.3) is 0 Å². The van der Waals surface area contributed by atoms with Crippen molar-refractivity contribution < 1.29 is 19.2 Å². The Morgan fingerprint density at radius 1 is 1.06 bits per heavy atom. The highest BCUT2D eigenvalue weighted by atomic mass is 16.2. The molecular formula is C25H28N4O4. The quantitative estimate of drug-likeness (QED) is 0.686. The fourth-order valence-corrected chi connectivity index (χ4v) is 4.40. The lowest BCUT2D eigenvalue weighted by Gasteiger charge is -2.36. The van der Waals surface area contributed by atoms with Gasteiger partial charge in [0, 0.05) is 20.0 Å². The predicted octanol–water partition coefficient (Wildman–Crippen LogP) is 2.32. The minimum atomic E-state index is -0.975. The van der Waals surface area contributed by atoms with Gasteiger partial charge in [-0.3, -0.25) is 14.4 Å². The molecule has 0 aromatic heterocycles. The molecule has 8 heteroatoms. The monoisotopic (exact) mass is 448 g/mol. The van der Waals surface area contributed by atoms with Crippen molar-refractivity contribution in [2.24, 2.45) is 0 Å². The fraction of sp³-hybridized carbons (Fsp3) is 0.360. The van der Waals surface area contributed by atoms with E-state index in [1.807, 2.05) is 36.4 Å². The zero-order valence-electron chi connectivity index (χ0n) is 19.0. The van der Waals surface area contributed by atoms with Gasteiger partial charge < -0.3 is 15.5 Å². The van der Waals surface area contributed by atoms with Gasteiger partial charge in [0.25, 0.3) is 5.91 Å². The van der Waals surface area contributed by atoms with E-state index in [2.05, 4.69) is 24.5 Å². The van der Waals surface area contributed by atoms with Gasteiger partial charge in [0.2, 0.25) is 11.8 Å². The lowest BCUT2D eigenvalue weighted by atomic mass is 9.93. The summed E-state index contributed by atoms with van der Waals surface area (Å²) >= 11 is 0. The minimum Gasteiger partial charge on any atom is -0.357 e. The molecule has 2 aromatic rings. The van der Waals surface area contributed by atoms with Gasteiger partial charge in [-0.05, 0) is 34.7 Å². The van der Waals surface area contributed by atoms with Gasteiger partial charge in [0.05, 0.1) is 12.1 Å². The van der Waals surface area contributed by atoms with Crippen LogP contribution in [0.15, 0.2) is 48.5 Å². The summed E-state index contributed by atoms with van der Waals surface area (Å²) in [5, 5.41) is 5.25. The Morgan fingerprint density at radius 3 is 2.36 bits per heavy atom. The summed E-state index contributed by atoms with van der Waals surface area (Å²) in [6.45, 7) is 4.41. The Labute approximate surface area is 192 Å². The van der Waals surface area contributed by atoms with Crippen LogP contribution in [0.4, 0.5) is 10.5 Å². The molecule has 2 aliphatic rings. The first kappa shape index (κ1) is 22.5. The molecule has 1 fully saturated rings. The third kappa shape index (κ3) is 4.33. The molecule has 0 radical (unpaired) electrons. The summed E-state index contributed by atoms with van der Waals surface area (Å²) < 4.78 is 0. The molecule has 2 N–H and O–H groups in total. The smallest absolute Gasteiger partial charge is 0.329 e. The van der Waals surface area contributed by atoms with E-state index < -0.39 is 24.0 Å². The Bertz CT molecular complexity index is 1100. The Morgan fingerprint density at radius 2 is 1.73 bits per heavy atom. The van der Waals surface area contributed by atoms with Gasteiger partial charge in [-0.1, -0.05) is 50.2 Å². The number of rotatable bonds is 5. The maximum Gasteiger partial charge on any atom is 0.329 e. The van der Waals surface area contributed by atoms with Gasteiger partial charge in [0.15, 0.2) is 0 Å². The third-order valence-electron chi connectivity index (χ3n) is 6.33. The molecule has 2 heterocycles. The molecule has 5 amide bonds. The summed E-state index contributed by atoms with van der Waals surface area (Å²) in [4.78, 5) is 53.9. The van der Waals surface area contributed by atoms with Gasteiger partial charge in [-0.2, -0.15) is 0 Å². The van der Waals surface area contributed by atoms with E-state index in [-0.39, 0.29) is 24.8 Å². The van der Waals surface area contributed by atoms with Crippen LogP contribution in [0.5, 0.6) is 0 Å². The summed E-state index contributed by atoms with van der Waals surface area (Å²) in [5.74, 6) is -0.754. The number of carbonyl (C=O) groups excluding carboxylic acids is 4. The number of nitrogens with zero attached hydrogens (tertiary/aromatic N) is 2. The highest BCUT2D eigenvalue weighted by Crippen LogP contribution is 2.27. The normalized spacial score (nSPS) is 20.0. The van der Waals surface area contributed by atoms with Crippen LogP contribution in [-0.2, 0) is 27.3 Å². The van der Waals surface area contributed by atoms with E-state index in [1.165, 1.54) is 11.9 Å². The zero-order valence-corrected chi connectivity index (χ0v) is 19.0. The molecule has 2 aromatic carbocycles. The molecule has 1 unspecified atom stereocenters. The topological polar surface area (TPSA) is 98.8 Å². The van der Waals surface area contributed by atoms with Crippen molar-refractivity contribution in [1.82, 2.24) is 15.5 Å². The number of urea groups is 1.